The largest absolute Gasteiger partial charge is 0.478 e. The number of amides is 1. The Morgan fingerprint density at radius 3 is 2.44 bits per heavy atom. The average Bonchev–Trinajstić information content (AvgIpc) is 2.61. The van der Waals surface area contributed by atoms with Crippen molar-refractivity contribution in [2.24, 2.45) is 0 Å². The molecule has 0 heterocycles. The van der Waals surface area contributed by atoms with Gasteiger partial charge in [-0.25, -0.2) is 4.79 Å². The Kier molecular flexibility index (Phi) is 6.30. The molecule has 0 aliphatic heterocycles. The van der Waals surface area contributed by atoms with Crippen LogP contribution >= 0.6 is 15.9 Å². The fraction of sp³-hybridized carbons (Fsp3) is 0.167. The molecule has 1 amide bonds. The second kappa shape index (κ2) is 8.43. The van der Waals surface area contributed by atoms with Gasteiger partial charge in [0.1, 0.15) is 11.3 Å². The molecular weight excluding hydrogens is 390 g/mol. The third kappa shape index (κ3) is 4.90. The highest BCUT2D eigenvalue weighted by atomic mass is 79.9. The first-order valence-electron chi connectivity index (χ1n) is 7.52. The average molecular weight is 406 g/mol. The standard InChI is InChI=1S/C18H16BrNO5/c1-2-15(21)25-16-12(8-13(19)9-14(16)18(23)24)10-20-17(22)11-6-4-3-5-7-11/h3-9H,2,10H2,1H3,(H,20,22)(H,23,24). The van der Waals surface area contributed by atoms with Crippen molar-refractivity contribution < 1.29 is 24.2 Å². The molecule has 0 aliphatic rings. The highest BCUT2D eigenvalue weighted by Gasteiger charge is 2.20. The van der Waals surface area contributed by atoms with E-state index in [0.717, 1.165) is 0 Å². The smallest absolute Gasteiger partial charge is 0.339 e. The molecule has 0 saturated carbocycles. The van der Waals surface area contributed by atoms with Crippen molar-refractivity contribution in [3.8, 4) is 5.75 Å². The van der Waals surface area contributed by atoms with Crippen LogP contribution in [0.15, 0.2) is 46.9 Å². The normalized spacial score (nSPS) is 10.2. The summed E-state index contributed by atoms with van der Waals surface area (Å²) in [5, 5.41) is 12.1. The molecule has 0 fully saturated rings. The molecule has 2 aromatic rings. The molecule has 6 nitrogen and oxygen atoms in total. The molecule has 25 heavy (non-hydrogen) atoms. The SMILES string of the molecule is CCC(=O)Oc1c(CNC(=O)c2ccccc2)cc(Br)cc1C(=O)O. The number of nitrogens with one attached hydrogen (secondary N) is 1. The van der Waals surface area contributed by atoms with E-state index < -0.39 is 11.9 Å². The Balaban J connectivity index is 2.30. The van der Waals surface area contributed by atoms with Gasteiger partial charge in [-0.05, 0) is 24.3 Å². The highest BCUT2D eigenvalue weighted by Crippen LogP contribution is 2.29. The molecule has 0 spiro atoms. The van der Waals surface area contributed by atoms with Crippen LogP contribution in [0.25, 0.3) is 0 Å². The first-order valence-corrected chi connectivity index (χ1v) is 8.31. The lowest BCUT2D eigenvalue weighted by molar-refractivity contribution is -0.134. The number of halogens is 1. The van der Waals surface area contributed by atoms with E-state index in [1.54, 1.807) is 43.3 Å². The maximum Gasteiger partial charge on any atom is 0.339 e. The van der Waals surface area contributed by atoms with Crippen LogP contribution in [0.3, 0.4) is 0 Å². The van der Waals surface area contributed by atoms with E-state index in [1.165, 1.54) is 6.07 Å². The van der Waals surface area contributed by atoms with Crippen molar-refractivity contribution in [1.29, 1.82) is 0 Å². The Hall–Kier alpha value is -2.67. The number of hydrogen-bond donors (Lipinski definition) is 2. The van der Waals surface area contributed by atoms with Crippen LogP contribution in [0.4, 0.5) is 0 Å². The van der Waals surface area contributed by atoms with Gasteiger partial charge >= 0.3 is 11.9 Å². The second-order valence-corrected chi connectivity index (χ2v) is 6.04. The van der Waals surface area contributed by atoms with E-state index in [-0.39, 0.29) is 30.2 Å². The molecule has 0 bridgehead atoms. The van der Waals surface area contributed by atoms with E-state index in [9.17, 15) is 19.5 Å². The summed E-state index contributed by atoms with van der Waals surface area (Å²) in [6, 6.07) is 11.6. The van der Waals surface area contributed by atoms with Gasteiger partial charge in [0, 0.05) is 28.6 Å². The van der Waals surface area contributed by atoms with E-state index in [2.05, 4.69) is 21.2 Å². The summed E-state index contributed by atoms with van der Waals surface area (Å²) in [6.45, 7) is 1.62. The summed E-state index contributed by atoms with van der Waals surface area (Å²) in [7, 11) is 0. The van der Waals surface area contributed by atoms with Crippen molar-refractivity contribution in [3.05, 3.63) is 63.6 Å². The quantitative estimate of drug-likeness (QED) is 0.567. The van der Waals surface area contributed by atoms with Gasteiger partial charge in [0.2, 0.25) is 0 Å². The minimum absolute atomic E-state index is 0.0137. The van der Waals surface area contributed by atoms with Gasteiger partial charge in [0.05, 0.1) is 0 Å². The number of aromatic carboxylic acids is 1. The van der Waals surface area contributed by atoms with Crippen LogP contribution in [0.5, 0.6) is 5.75 Å². The number of ether oxygens (including phenoxy) is 1. The van der Waals surface area contributed by atoms with Gasteiger partial charge in [-0.3, -0.25) is 9.59 Å². The number of carboxylic acid groups (broad SMARTS) is 1. The van der Waals surface area contributed by atoms with Gasteiger partial charge < -0.3 is 15.2 Å². The fourth-order valence-electron chi connectivity index (χ4n) is 2.11. The number of benzene rings is 2. The number of carboxylic acids is 1. The molecule has 7 heteroatoms. The van der Waals surface area contributed by atoms with Gasteiger partial charge in [-0.15, -0.1) is 0 Å². The first kappa shape index (κ1) is 18.7. The Bertz CT molecular complexity index is 805. The lowest BCUT2D eigenvalue weighted by Crippen LogP contribution is -2.24. The van der Waals surface area contributed by atoms with Crippen LogP contribution in [0.2, 0.25) is 0 Å². The lowest BCUT2D eigenvalue weighted by atomic mass is 10.1. The Morgan fingerprint density at radius 2 is 1.84 bits per heavy atom. The van der Waals surface area contributed by atoms with Crippen LogP contribution in [0.1, 0.15) is 39.6 Å². The molecule has 2 N–H and O–H groups in total. The molecule has 0 aliphatic carbocycles. The zero-order valence-electron chi connectivity index (χ0n) is 13.4. The number of carbonyl (C=O) groups is 3. The molecule has 0 aromatic heterocycles. The summed E-state index contributed by atoms with van der Waals surface area (Å²) in [5.41, 5.74) is 0.709. The number of rotatable bonds is 6. The van der Waals surface area contributed by atoms with Gasteiger partial charge in [-0.1, -0.05) is 41.1 Å². The molecular formula is C18H16BrNO5. The van der Waals surface area contributed by atoms with Crippen molar-refractivity contribution >= 4 is 33.8 Å². The Labute approximate surface area is 152 Å². The first-order chi connectivity index (χ1) is 11.9. The highest BCUT2D eigenvalue weighted by molar-refractivity contribution is 9.10. The van der Waals surface area contributed by atoms with Gasteiger partial charge in [0.25, 0.3) is 5.91 Å². The molecule has 0 atom stereocenters. The zero-order chi connectivity index (χ0) is 18.4. The van der Waals surface area contributed by atoms with E-state index in [0.29, 0.717) is 15.6 Å². The maximum absolute atomic E-state index is 12.2. The summed E-state index contributed by atoms with van der Waals surface area (Å²) >= 11 is 3.23. The minimum Gasteiger partial charge on any atom is -0.478 e. The van der Waals surface area contributed by atoms with Gasteiger partial charge in [0.15, 0.2) is 0 Å². The molecule has 0 radical (unpaired) electrons. The van der Waals surface area contributed by atoms with E-state index in [1.807, 2.05) is 0 Å². The summed E-state index contributed by atoms with van der Waals surface area (Å²) in [5.74, 6) is -2.16. The molecule has 0 saturated heterocycles. The number of esters is 1. The maximum atomic E-state index is 12.2. The van der Waals surface area contributed by atoms with Crippen molar-refractivity contribution in [1.82, 2.24) is 5.32 Å². The monoisotopic (exact) mass is 405 g/mol. The third-order valence-electron chi connectivity index (χ3n) is 3.34. The van der Waals surface area contributed by atoms with Gasteiger partial charge in [-0.2, -0.15) is 0 Å². The van der Waals surface area contributed by atoms with Crippen LogP contribution in [0, 0.1) is 0 Å². The number of carbonyl (C=O) groups excluding carboxylic acids is 2. The predicted octanol–water partition coefficient (Wildman–Crippen LogP) is 3.39. The minimum atomic E-state index is -1.23. The second-order valence-electron chi connectivity index (χ2n) is 5.12. The summed E-state index contributed by atoms with van der Waals surface area (Å²) < 4.78 is 5.69. The van der Waals surface area contributed by atoms with Crippen molar-refractivity contribution in [3.63, 3.8) is 0 Å². The zero-order valence-corrected chi connectivity index (χ0v) is 15.0. The lowest BCUT2D eigenvalue weighted by Gasteiger charge is -2.14. The van der Waals surface area contributed by atoms with Crippen molar-refractivity contribution in [2.75, 3.05) is 0 Å². The van der Waals surface area contributed by atoms with E-state index >= 15 is 0 Å². The fourth-order valence-corrected chi connectivity index (χ4v) is 2.62. The summed E-state index contributed by atoms with van der Waals surface area (Å²) in [6.07, 6.45) is 0.102. The topological polar surface area (TPSA) is 92.7 Å². The third-order valence-corrected chi connectivity index (χ3v) is 3.80. The predicted molar refractivity (Wildman–Crippen MR) is 94.6 cm³/mol. The number of hydrogen-bond acceptors (Lipinski definition) is 4. The molecule has 2 aromatic carbocycles. The summed E-state index contributed by atoms with van der Waals surface area (Å²) in [4.78, 5) is 35.3. The Morgan fingerprint density at radius 1 is 1.16 bits per heavy atom. The molecule has 2 rings (SSSR count). The van der Waals surface area contributed by atoms with Crippen molar-refractivity contribution in [2.45, 2.75) is 19.9 Å². The molecule has 0 unspecified atom stereocenters. The van der Waals surface area contributed by atoms with E-state index in [4.69, 9.17) is 4.74 Å². The van der Waals surface area contributed by atoms with Crippen LogP contribution in [-0.2, 0) is 11.3 Å². The van der Waals surface area contributed by atoms with Crippen LogP contribution < -0.4 is 10.1 Å². The van der Waals surface area contributed by atoms with Crippen LogP contribution in [-0.4, -0.2) is 23.0 Å². The molecule has 130 valence electrons.